The highest BCUT2D eigenvalue weighted by Gasteiger charge is 2.13. The molecule has 0 radical (unpaired) electrons. The number of halogens is 1. The van der Waals surface area contributed by atoms with E-state index in [1.54, 1.807) is 36.4 Å². The predicted molar refractivity (Wildman–Crippen MR) is 112 cm³/mol. The Hall–Kier alpha value is -3.37. The fourth-order valence-corrected chi connectivity index (χ4v) is 3.37. The number of anilines is 1. The molecule has 4 aromatic rings. The Morgan fingerprint density at radius 1 is 0.929 bits per heavy atom. The van der Waals surface area contributed by atoms with Gasteiger partial charge in [-0.3, -0.25) is 4.79 Å². The highest BCUT2D eigenvalue weighted by Crippen LogP contribution is 2.30. The van der Waals surface area contributed by atoms with Crippen molar-refractivity contribution in [3.63, 3.8) is 0 Å². The van der Waals surface area contributed by atoms with E-state index in [-0.39, 0.29) is 5.91 Å². The molecule has 0 aliphatic rings. The van der Waals surface area contributed by atoms with Crippen LogP contribution in [0.4, 0.5) is 5.69 Å². The summed E-state index contributed by atoms with van der Waals surface area (Å²) in [5.41, 5.74) is 3.02. The summed E-state index contributed by atoms with van der Waals surface area (Å²) in [5, 5.41) is 4.00. The number of benzene rings is 3. The Labute approximate surface area is 166 Å². The van der Waals surface area contributed by atoms with Gasteiger partial charge in [-0.25, -0.2) is 4.79 Å². The van der Waals surface area contributed by atoms with E-state index in [0.29, 0.717) is 33.0 Å². The van der Waals surface area contributed by atoms with E-state index in [1.807, 2.05) is 43.3 Å². The van der Waals surface area contributed by atoms with E-state index in [1.165, 1.54) is 0 Å². The molecule has 0 saturated heterocycles. The maximum Gasteiger partial charge on any atom is 0.344 e. The summed E-state index contributed by atoms with van der Waals surface area (Å²) in [5.74, 6) is -0.216. The summed E-state index contributed by atoms with van der Waals surface area (Å²) >= 11 is 6.42. The molecule has 0 aliphatic heterocycles. The number of rotatable bonds is 3. The molecular weight excluding hydrogens is 374 g/mol. The van der Waals surface area contributed by atoms with E-state index >= 15 is 0 Å². The number of nitrogens with one attached hydrogen (secondary N) is 1. The monoisotopic (exact) mass is 389 g/mol. The third-order valence-electron chi connectivity index (χ3n) is 4.55. The molecule has 138 valence electrons. The van der Waals surface area contributed by atoms with Crippen molar-refractivity contribution in [2.24, 2.45) is 0 Å². The molecule has 0 fully saturated rings. The Bertz CT molecular complexity index is 1260. The van der Waals surface area contributed by atoms with Gasteiger partial charge in [0.25, 0.3) is 5.91 Å². The number of carbonyl (C=O) groups is 1. The molecule has 0 spiro atoms. The number of carbonyl (C=O) groups excluding carboxylic acids is 1. The van der Waals surface area contributed by atoms with Crippen LogP contribution in [0.1, 0.15) is 15.9 Å². The Kier molecular flexibility index (Phi) is 4.72. The standard InChI is InChI=1S/C23H16ClNO3/c1-14-6-2-4-8-17(14)22(26)25-16-10-11-18(20(24)13-16)19-12-15-7-3-5-9-21(15)28-23(19)27/h2-13H,1H3,(H,25,26). The summed E-state index contributed by atoms with van der Waals surface area (Å²) in [4.78, 5) is 24.9. The van der Waals surface area contributed by atoms with Crippen molar-refractivity contribution in [2.75, 3.05) is 5.32 Å². The average molecular weight is 390 g/mol. The van der Waals surface area contributed by atoms with Gasteiger partial charge in [0.1, 0.15) is 5.58 Å². The average Bonchev–Trinajstić information content (AvgIpc) is 2.68. The van der Waals surface area contributed by atoms with Gasteiger partial charge in [-0.2, -0.15) is 0 Å². The number of aryl methyl sites for hydroxylation is 1. The van der Waals surface area contributed by atoms with Crippen molar-refractivity contribution in [1.82, 2.24) is 0 Å². The van der Waals surface area contributed by atoms with E-state index in [4.69, 9.17) is 16.0 Å². The molecule has 0 saturated carbocycles. The Balaban J connectivity index is 1.67. The van der Waals surface area contributed by atoms with Crippen molar-refractivity contribution in [2.45, 2.75) is 6.92 Å². The molecular formula is C23H16ClNO3. The zero-order valence-electron chi connectivity index (χ0n) is 15.0. The zero-order valence-corrected chi connectivity index (χ0v) is 15.8. The minimum atomic E-state index is -0.461. The summed E-state index contributed by atoms with van der Waals surface area (Å²) in [6.45, 7) is 1.88. The van der Waals surface area contributed by atoms with Crippen LogP contribution >= 0.6 is 11.6 Å². The zero-order chi connectivity index (χ0) is 19.7. The summed E-state index contributed by atoms with van der Waals surface area (Å²) < 4.78 is 5.38. The quantitative estimate of drug-likeness (QED) is 0.459. The smallest absolute Gasteiger partial charge is 0.344 e. The first-order chi connectivity index (χ1) is 13.5. The predicted octanol–water partition coefficient (Wildman–Crippen LogP) is 5.67. The van der Waals surface area contributed by atoms with Crippen molar-refractivity contribution in [3.8, 4) is 11.1 Å². The van der Waals surface area contributed by atoms with Crippen LogP contribution in [0.5, 0.6) is 0 Å². The van der Waals surface area contributed by atoms with Crippen LogP contribution in [0.25, 0.3) is 22.1 Å². The molecule has 0 bridgehead atoms. The molecule has 28 heavy (non-hydrogen) atoms. The highest BCUT2D eigenvalue weighted by atomic mass is 35.5. The van der Waals surface area contributed by atoms with E-state index in [0.717, 1.165) is 10.9 Å². The minimum absolute atomic E-state index is 0.216. The minimum Gasteiger partial charge on any atom is -0.422 e. The van der Waals surface area contributed by atoms with Gasteiger partial charge >= 0.3 is 5.63 Å². The SMILES string of the molecule is Cc1ccccc1C(=O)Nc1ccc(-c2cc3ccccc3oc2=O)c(Cl)c1. The number of fused-ring (bicyclic) bond motifs is 1. The lowest BCUT2D eigenvalue weighted by molar-refractivity contribution is 0.102. The van der Waals surface area contributed by atoms with Gasteiger partial charge in [-0.05, 0) is 42.8 Å². The van der Waals surface area contributed by atoms with E-state index in [9.17, 15) is 9.59 Å². The van der Waals surface area contributed by atoms with Crippen LogP contribution in [0.3, 0.4) is 0 Å². The van der Waals surface area contributed by atoms with Gasteiger partial charge in [0.05, 0.1) is 10.6 Å². The lowest BCUT2D eigenvalue weighted by Gasteiger charge is -2.10. The maximum atomic E-state index is 12.5. The van der Waals surface area contributed by atoms with Gasteiger partial charge in [-0.1, -0.05) is 54.1 Å². The van der Waals surface area contributed by atoms with Gasteiger partial charge in [-0.15, -0.1) is 0 Å². The van der Waals surface area contributed by atoms with Crippen LogP contribution < -0.4 is 10.9 Å². The lowest BCUT2D eigenvalue weighted by Crippen LogP contribution is -2.13. The van der Waals surface area contributed by atoms with Crippen LogP contribution in [-0.4, -0.2) is 5.91 Å². The molecule has 0 unspecified atom stereocenters. The third-order valence-corrected chi connectivity index (χ3v) is 4.86. The van der Waals surface area contributed by atoms with Crippen molar-refractivity contribution >= 4 is 34.2 Å². The van der Waals surface area contributed by atoms with E-state index in [2.05, 4.69) is 5.32 Å². The topological polar surface area (TPSA) is 59.3 Å². The normalized spacial score (nSPS) is 10.8. The van der Waals surface area contributed by atoms with Crippen LogP contribution in [0.15, 0.2) is 82.0 Å². The first-order valence-corrected chi connectivity index (χ1v) is 9.10. The van der Waals surface area contributed by atoms with Gasteiger partial charge in [0.15, 0.2) is 0 Å². The molecule has 1 N–H and O–H groups in total. The first-order valence-electron chi connectivity index (χ1n) is 8.73. The molecule has 1 aromatic heterocycles. The maximum absolute atomic E-state index is 12.5. The Morgan fingerprint density at radius 2 is 1.68 bits per heavy atom. The second-order valence-electron chi connectivity index (χ2n) is 6.45. The third kappa shape index (κ3) is 3.42. The molecule has 5 heteroatoms. The summed E-state index contributed by atoms with van der Waals surface area (Å²) in [6, 6.07) is 21.4. The van der Waals surface area contributed by atoms with Crippen LogP contribution in [0, 0.1) is 6.92 Å². The van der Waals surface area contributed by atoms with Crippen molar-refractivity contribution < 1.29 is 9.21 Å². The fraction of sp³-hybridized carbons (Fsp3) is 0.0435. The largest absolute Gasteiger partial charge is 0.422 e. The number of hydrogen-bond donors (Lipinski definition) is 1. The molecule has 4 rings (SSSR count). The molecule has 3 aromatic carbocycles. The van der Waals surface area contributed by atoms with Gasteiger partial charge < -0.3 is 9.73 Å². The molecule has 0 atom stereocenters. The van der Waals surface area contributed by atoms with Crippen LogP contribution in [-0.2, 0) is 0 Å². The molecule has 0 aliphatic carbocycles. The second kappa shape index (κ2) is 7.33. The second-order valence-corrected chi connectivity index (χ2v) is 6.86. The lowest BCUT2D eigenvalue weighted by atomic mass is 10.0. The number of amides is 1. The molecule has 1 amide bonds. The number of para-hydroxylation sites is 1. The van der Waals surface area contributed by atoms with Crippen LogP contribution in [0.2, 0.25) is 5.02 Å². The van der Waals surface area contributed by atoms with Crippen molar-refractivity contribution in [1.29, 1.82) is 0 Å². The number of hydrogen-bond acceptors (Lipinski definition) is 3. The molecule has 1 heterocycles. The molecule has 4 nitrogen and oxygen atoms in total. The van der Waals surface area contributed by atoms with Gasteiger partial charge in [0, 0.05) is 22.2 Å². The van der Waals surface area contributed by atoms with Crippen molar-refractivity contribution in [3.05, 3.63) is 99.4 Å². The summed E-state index contributed by atoms with van der Waals surface area (Å²) in [7, 11) is 0. The fourth-order valence-electron chi connectivity index (χ4n) is 3.09. The Morgan fingerprint density at radius 3 is 2.46 bits per heavy atom. The highest BCUT2D eigenvalue weighted by molar-refractivity contribution is 6.33. The summed E-state index contributed by atoms with van der Waals surface area (Å²) in [6.07, 6.45) is 0. The first kappa shape index (κ1) is 18.0. The van der Waals surface area contributed by atoms with Gasteiger partial charge in [0.2, 0.25) is 0 Å². The van der Waals surface area contributed by atoms with E-state index < -0.39 is 5.63 Å².